The van der Waals surface area contributed by atoms with Crippen LogP contribution in [0.25, 0.3) is 16.9 Å². The first kappa shape index (κ1) is 22.5. The summed E-state index contributed by atoms with van der Waals surface area (Å²) in [6.45, 7) is 0.128. The van der Waals surface area contributed by atoms with Gasteiger partial charge in [0.05, 0.1) is 21.5 Å². The Hall–Kier alpha value is -3.33. The number of amides is 1. The van der Waals surface area contributed by atoms with Gasteiger partial charge in [0.1, 0.15) is 12.2 Å². The van der Waals surface area contributed by atoms with Crippen molar-refractivity contribution in [3.63, 3.8) is 0 Å². The Bertz CT molecular complexity index is 1300. The van der Waals surface area contributed by atoms with Gasteiger partial charge >= 0.3 is 0 Å². The second-order valence-electron chi connectivity index (χ2n) is 8.24. The summed E-state index contributed by atoms with van der Waals surface area (Å²) in [6, 6.07) is 19.5. The highest BCUT2D eigenvalue weighted by atomic mass is 79.9. The Kier molecular flexibility index (Phi) is 6.28. The summed E-state index contributed by atoms with van der Waals surface area (Å²) in [7, 11) is 0. The Labute approximate surface area is 203 Å². The van der Waals surface area contributed by atoms with Crippen LogP contribution in [0.5, 0.6) is 0 Å². The third-order valence-corrected chi connectivity index (χ3v) is 6.57. The predicted octanol–water partition coefficient (Wildman–Crippen LogP) is 5.63. The third-order valence-electron chi connectivity index (χ3n) is 5.75. The third kappa shape index (κ3) is 4.65. The SMILES string of the molecule is O=C(Cn1nc(C(F)F)c(Br)c1C1CC1)NCc1cn(-c2ccccc2)nc1-c1ccccc1. The topological polar surface area (TPSA) is 64.7 Å². The maximum absolute atomic E-state index is 13.3. The molecule has 1 amide bonds. The molecule has 0 bridgehead atoms. The van der Waals surface area contributed by atoms with E-state index in [1.807, 2.05) is 66.9 Å². The van der Waals surface area contributed by atoms with Crippen molar-refractivity contribution in [2.24, 2.45) is 0 Å². The Morgan fingerprint density at radius 1 is 1.06 bits per heavy atom. The number of rotatable bonds is 8. The number of hydrogen-bond donors (Lipinski definition) is 1. The molecule has 2 heterocycles. The molecular formula is C25H22BrF2N5O. The number of nitrogens with one attached hydrogen (secondary N) is 1. The lowest BCUT2D eigenvalue weighted by molar-refractivity contribution is -0.122. The minimum Gasteiger partial charge on any atom is -0.350 e. The number of hydrogen-bond acceptors (Lipinski definition) is 3. The van der Waals surface area contributed by atoms with Gasteiger partial charge in [0.15, 0.2) is 0 Å². The summed E-state index contributed by atoms with van der Waals surface area (Å²) in [6.07, 6.45) is 1.02. The molecule has 0 saturated heterocycles. The molecule has 0 spiro atoms. The number of carbonyl (C=O) groups excluding carboxylic acids is 1. The van der Waals surface area contributed by atoms with Crippen molar-refractivity contribution in [3.8, 4) is 16.9 Å². The minimum absolute atomic E-state index is 0.120. The predicted molar refractivity (Wildman–Crippen MR) is 128 cm³/mol. The molecule has 34 heavy (non-hydrogen) atoms. The average Bonchev–Trinajstić information content (AvgIpc) is 3.50. The van der Waals surface area contributed by atoms with E-state index in [0.717, 1.165) is 35.3 Å². The van der Waals surface area contributed by atoms with E-state index in [2.05, 4.69) is 26.3 Å². The lowest BCUT2D eigenvalue weighted by Crippen LogP contribution is -2.28. The molecule has 1 saturated carbocycles. The molecular weight excluding hydrogens is 504 g/mol. The summed E-state index contributed by atoms with van der Waals surface area (Å²) >= 11 is 3.26. The summed E-state index contributed by atoms with van der Waals surface area (Å²) in [5.74, 6) is -0.139. The van der Waals surface area contributed by atoms with Crippen LogP contribution in [0, 0.1) is 0 Å². The molecule has 9 heteroatoms. The van der Waals surface area contributed by atoms with Gasteiger partial charge in [0, 0.05) is 29.8 Å². The van der Waals surface area contributed by atoms with Gasteiger partial charge in [-0.3, -0.25) is 9.48 Å². The highest BCUT2D eigenvalue weighted by Gasteiger charge is 2.34. The van der Waals surface area contributed by atoms with Crippen molar-refractivity contribution < 1.29 is 13.6 Å². The van der Waals surface area contributed by atoms with Crippen molar-refractivity contribution in [2.45, 2.75) is 38.3 Å². The van der Waals surface area contributed by atoms with E-state index in [1.165, 1.54) is 4.68 Å². The molecule has 4 aromatic rings. The number of carbonyl (C=O) groups is 1. The Morgan fingerprint density at radius 2 is 1.74 bits per heavy atom. The van der Waals surface area contributed by atoms with Crippen LogP contribution in [0.2, 0.25) is 0 Å². The molecule has 5 rings (SSSR count). The molecule has 1 fully saturated rings. The van der Waals surface area contributed by atoms with Crippen molar-refractivity contribution in [3.05, 3.63) is 88.3 Å². The van der Waals surface area contributed by atoms with Gasteiger partial charge in [-0.15, -0.1) is 0 Å². The van der Waals surface area contributed by atoms with Gasteiger partial charge in [-0.1, -0.05) is 48.5 Å². The molecule has 174 valence electrons. The molecule has 6 nitrogen and oxygen atoms in total. The van der Waals surface area contributed by atoms with E-state index in [-0.39, 0.29) is 30.6 Å². The van der Waals surface area contributed by atoms with Crippen LogP contribution >= 0.6 is 15.9 Å². The highest BCUT2D eigenvalue weighted by molar-refractivity contribution is 9.10. The standard InChI is InChI=1S/C25H22BrF2N5O/c26-21-23(25(27)28)31-33(24(21)17-11-12-17)15-20(34)29-13-18-14-32(19-9-5-2-6-10-19)30-22(18)16-7-3-1-4-8-16/h1-10,14,17,25H,11-13,15H2,(H,29,34). The molecule has 0 atom stereocenters. The van der Waals surface area contributed by atoms with Crippen molar-refractivity contribution in [1.82, 2.24) is 24.9 Å². The van der Waals surface area contributed by atoms with E-state index >= 15 is 0 Å². The fraction of sp³-hybridized carbons (Fsp3) is 0.240. The molecule has 2 aromatic heterocycles. The van der Waals surface area contributed by atoms with Crippen LogP contribution in [0.4, 0.5) is 8.78 Å². The number of nitrogens with zero attached hydrogens (tertiary/aromatic N) is 4. The lowest BCUT2D eigenvalue weighted by atomic mass is 10.1. The molecule has 1 N–H and O–H groups in total. The quantitative estimate of drug-likeness (QED) is 0.324. The van der Waals surface area contributed by atoms with Crippen LogP contribution in [0.3, 0.4) is 0 Å². The normalized spacial score (nSPS) is 13.4. The van der Waals surface area contributed by atoms with Crippen LogP contribution < -0.4 is 5.32 Å². The smallest absolute Gasteiger partial charge is 0.283 e. The largest absolute Gasteiger partial charge is 0.350 e. The fourth-order valence-electron chi connectivity index (χ4n) is 3.96. The summed E-state index contributed by atoms with van der Waals surface area (Å²) < 4.78 is 30.2. The second kappa shape index (κ2) is 9.50. The van der Waals surface area contributed by atoms with Gasteiger partial charge in [0.2, 0.25) is 5.91 Å². The first-order valence-electron chi connectivity index (χ1n) is 11.0. The monoisotopic (exact) mass is 525 g/mol. The maximum atomic E-state index is 13.3. The molecule has 0 radical (unpaired) electrons. The molecule has 0 unspecified atom stereocenters. The summed E-state index contributed by atoms with van der Waals surface area (Å²) in [5, 5.41) is 11.7. The Morgan fingerprint density at radius 3 is 2.38 bits per heavy atom. The number of benzene rings is 2. The van der Waals surface area contributed by atoms with Crippen LogP contribution in [0.1, 0.15) is 42.1 Å². The zero-order chi connectivity index (χ0) is 23.7. The molecule has 2 aromatic carbocycles. The van der Waals surface area contributed by atoms with Crippen LogP contribution in [0.15, 0.2) is 71.3 Å². The van der Waals surface area contributed by atoms with E-state index < -0.39 is 6.43 Å². The first-order valence-corrected chi connectivity index (χ1v) is 11.8. The number of alkyl halides is 2. The lowest BCUT2D eigenvalue weighted by Gasteiger charge is -2.09. The zero-order valence-corrected chi connectivity index (χ0v) is 19.8. The molecule has 1 aliphatic carbocycles. The van der Waals surface area contributed by atoms with E-state index in [0.29, 0.717) is 10.2 Å². The molecule has 0 aliphatic heterocycles. The van der Waals surface area contributed by atoms with Crippen molar-refractivity contribution >= 4 is 21.8 Å². The van der Waals surface area contributed by atoms with Gasteiger partial charge in [-0.25, -0.2) is 13.5 Å². The van der Waals surface area contributed by atoms with Crippen LogP contribution in [-0.4, -0.2) is 25.5 Å². The van der Waals surface area contributed by atoms with Gasteiger partial charge in [-0.2, -0.15) is 10.2 Å². The second-order valence-corrected chi connectivity index (χ2v) is 9.04. The van der Waals surface area contributed by atoms with E-state index in [9.17, 15) is 13.6 Å². The Balaban J connectivity index is 1.37. The first-order chi connectivity index (χ1) is 16.5. The van der Waals surface area contributed by atoms with E-state index in [1.54, 1.807) is 4.68 Å². The number of halogens is 3. The maximum Gasteiger partial charge on any atom is 0.283 e. The summed E-state index contributed by atoms with van der Waals surface area (Å²) in [5.41, 5.74) is 3.82. The minimum atomic E-state index is -2.70. The van der Waals surface area contributed by atoms with Crippen molar-refractivity contribution in [1.29, 1.82) is 0 Å². The number of para-hydroxylation sites is 1. The zero-order valence-electron chi connectivity index (χ0n) is 18.2. The highest BCUT2D eigenvalue weighted by Crippen LogP contribution is 2.45. The van der Waals surface area contributed by atoms with Gasteiger partial charge in [0.25, 0.3) is 6.43 Å². The average molecular weight is 526 g/mol. The fourth-order valence-corrected chi connectivity index (χ4v) is 4.74. The van der Waals surface area contributed by atoms with Crippen LogP contribution in [-0.2, 0) is 17.9 Å². The van der Waals surface area contributed by atoms with Gasteiger partial charge in [-0.05, 0) is 40.9 Å². The van der Waals surface area contributed by atoms with Crippen molar-refractivity contribution in [2.75, 3.05) is 0 Å². The molecule has 1 aliphatic rings. The summed E-state index contributed by atoms with van der Waals surface area (Å²) in [4.78, 5) is 12.8. The van der Waals surface area contributed by atoms with E-state index in [4.69, 9.17) is 5.10 Å². The number of aromatic nitrogens is 4. The van der Waals surface area contributed by atoms with Gasteiger partial charge < -0.3 is 5.32 Å².